The van der Waals surface area contributed by atoms with E-state index < -0.39 is 5.97 Å². The summed E-state index contributed by atoms with van der Waals surface area (Å²) in [6, 6.07) is 2.50. The van der Waals surface area contributed by atoms with E-state index in [0.29, 0.717) is 23.3 Å². The Labute approximate surface area is 236 Å². The van der Waals surface area contributed by atoms with E-state index in [0.717, 1.165) is 52.5 Å². The Morgan fingerprint density at radius 1 is 1.26 bits per heavy atom. The number of rotatable bonds is 11. The maximum absolute atomic E-state index is 13.1. The second-order valence-corrected chi connectivity index (χ2v) is 12.4. The van der Waals surface area contributed by atoms with Crippen LogP contribution in [-0.2, 0) is 17.8 Å². The lowest BCUT2D eigenvalue weighted by atomic mass is 10.2. The molecule has 204 valence electrons. The van der Waals surface area contributed by atoms with Gasteiger partial charge in [0.2, 0.25) is 0 Å². The molecule has 1 atom stereocenters. The molecule has 1 saturated heterocycles. The number of anilines is 1. The van der Waals surface area contributed by atoms with Gasteiger partial charge in [0.1, 0.15) is 16.5 Å². The van der Waals surface area contributed by atoms with E-state index in [1.165, 1.54) is 0 Å². The van der Waals surface area contributed by atoms with E-state index in [-0.39, 0.29) is 24.7 Å². The molecular weight excluding hydrogens is 544 g/mol. The van der Waals surface area contributed by atoms with Crippen LogP contribution in [0.3, 0.4) is 0 Å². The summed E-state index contributed by atoms with van der Waals surface area (Å²) in [6.07, 6.45) is 3.49. The van der Waals surface area contributed by atoms with Crippen LogP contribution in [0.5, 0.6) is 0 Å². The maximum Gasteiger partial charge on any atom is 0.304 e. The van der Waals surface area contributed by atoms with Crippen LogP contribution in [-0.4, -0.2) is 86.9 Å². The highest BCUT2D eigenvalue weighted by molar-refractivity contribution is 7.15. The molecule has 0 aliphatic carbocycles. The van der Waals surface area contributed by atoms with Gasteiger partial charge in [-0.05, 0) is 33.9 Å². The summed E-state index contributed by atoms with van der Waals surface area (Å²) >= 11 is 9.29. The summed E-state index contributed by atoms with van der Waals surface area (Å²) in [4.78, 5) is 46.4. The smallest absolute Gasteiger partial charge is 0.304 e. The Morgan fingerprint density at radius 2 is 2.05 bits per heavy atom. The van der Waals surface area contributed by atoms with Crippen molar-refractivity contribution in [3.8, 4) is 10.6 Å². The Hall–Kier alpha value is -2.44. The topological polar surface area (TPSA) is 103 Å². The lowest BCUT2D eigenvalue weighted by Gasteiger charge is -2.40. The van der Waals surface area contributed by atoms with Crippen LogP contribution in [0.25, 0.3) is 10.6 Å². The van der Waals surface area contributed by atoms with Crippen LogP contribution in [0, 0.1) is 0 Å². The van der Waals surface area contributed by atoms with Crippen LogP contribution in [0.15, 0.2) is 23.8 Å². The molecule has 0 unspecified atom stereocenters. The summed E-state index contributed by atoms with van der Waals surface area (Å²) in [5.41, 5.74) is 1.21. The molecule has 12 heteroatoms. The molecule has 0 aromatic carbocycles. The summed E-state index contributed by atoms with van der Waals surface area (Å²) in [5.74, 6) is -0.185. The van der Waals surface area contributed by atoms with E-state index >= 15 is 0 Å². The monoisotopic (exact) mass is 576 g/mol. The minimum Gasteiger partial charge on any atom is -0.481 e. The molecule has 3 aromatic heterocycles. The van der Waals surface area contributed by atoms with Crippen molar-refractivity contribution in [2.45, 2.75) is 52.2 Å². The molecule has 1 fully saturated rings. The summed E-state index contributed by atoms with van der Waals surface area (Å²) in [7, 11) is 2.08. The van der Waals surface area contributed by atoms with Crippen LogP contribution < -0.4 is 4.90 Å². The highest BCUT2D eigenvalue weighted by Crippen LogP contribution is 2.35. The molecule has 1 aliphatic rings. The molecule has 9 nitrogen and oxygen atoms in total. The Morgan fingerprint density at radius 3 is 2.66 bits per heavy atom. The lowest BCUT2D eigenvalue weighted by Crippen LogP contribution is -2.52. The van der Waals surface area contributed by atoms with Crippen molar-refractivity contribution < 1.29 is 14.7 Å². The first-order valence-corrected chi connectivity index (χ1v) is 14.7. The van der Waals surface area contributed by atoms with Crippen molar-refractivity contribution in [2.24, 2.45) is 0 Å². The predicted molar refractivity (Wildman–Crippen MR) is 153 cm³/mol. The first-order chi connectivity index (χ1) is 18.1. The summed E-state index contributed by atoms with van der Waals surface area (Å²) < 4.78 is 0. The number of carbonyl (C=O) groups excluding carboxylic acids is 1. The number of Topliss-reactive ketones (excluding diaryl/α,β-unsaturated/α-hetero) is 1. The number of hydrogen-bond donors (Lipinski definition) is 1. The summed E-state index contributed by atoms with van der Waals surface area (Å²) in [5, 5.41) is 12.3. The van der Waals surface area contributed by atoms with Crippen molar-refractivity contribution in [3.63, 3.8) is 0 Å². The van der Waals surface area contributed by atoms with Gasteiger partial charge in [-0.2, -0.15) is 0 Å². The Balaban J connectivity index is 1.42. The second-order valence-electron chi connectivity index (χ2n) is 9.85. The van der Waals surface area contributed by atoms with E-state index in [4.69, 9.17) is 21.7 Å². The number of aliphatic carboxylic acids is 1. The molecule has 38 heavy (non-hydrogen) atoms. The third-order valence-corrected chi connectivity index (χ3v) is 9.08. The van der Waals surface area contributed by atoms with E-state index in [9.17, 15) is 9.59 Å². The number of ketones is 1. The number of thiazole rings is 1. The highest BCUT2D eigenvalue weighted by atomic mass is 35.5. The first-order valence-electron chi connectivity index (χ1n) is 12.6. The fraction of sp³-hybridized carbons (Fsp3) is 0.500. The molecule has 0 radical (unpaired) electrons. The van der Waals surface area contributed by atoms with Crippen molar-refractivity contribution in [1.82, 2.24) is 24.8 Å². The SMILES string of the molecule is CC(C)N(C)Cc1sc(CC(=O)c2cnc(N3CCN(CCC(=O)O)[C@@H](C)C3)cn2)nc1-c1cc(Cl)cs1. The molecule has 3 aromatic rings. The molecular formula is C26H33ClN6O3S2. The van der Waals surface area contributed by atoms with Gasteiger partial charge >= 0.3 is 5.97 Å². The van der Waals surface area contributed by atoms with Gasteiger partial charge in [0.15, 0.2) is 5.78 Å². The Bertz CT molecular complexity index is 1260. The van der Waals surface area contributed by atoms with Gasteiger partial charge in [-0.1, -0.05) is 11.6 Å². The number of aromatic nitrogens is 3. The molecule has 1 N–H and O–H groups in total. The zero-order valence-electron chi connectivity index (χ0n) is 22.1. The van der Waals surface area contributed by atoms with Crippen molar-refractivity contribution in [2.75, 3.05) is 38.1 Å². The largest absolute Gasteiger partial charge is 0.481 e. The zero-order valence-corrected chi connectivity index (χ0v) is 24.4. The van der Waals surface area contributed by atoms with Crippen molar-refractivity contribution in [1.29, 1.82) is 0 Å². The normalized spacial score (nSPS) is 16.5. The lowest BCUT2D eigenvalue weighted by molar-refractivity contribution is -0.137. The van der Waals surface area contributed by atoms with Gasteiger partial charge in [-0.3, -0.25) is 19.4 Å². The molecule has 1 aliphatic heterocycles. The number of carbonyl (C=O) groups is 2. The van der Waals surface area contributed by atoms with Crippen LogP contribution in [0.1, 0.15) is 47.6 Å². The quantitative estimate of drug-likeness (QED) is 0.329. The van der Waals surface area contributed by atoms with Gasteiger partial charge < -0.3 is 10.0 Å². The molecule has 0 saturated carbocycles. The predicted octanol–water partition coefficient (Wildman–Crippen LogP) is 4.57. The van der Waals surface area contributed by atoms with Gasteiger partial charge in [0.05, 0.1) is 40.8 Å². The van der Waals surface area contributed by atoms with Crippen LogP contribution in [0.4, 0.5) is 5.82 Å². The third-order valence-electron chi connectivity index (χ3n) is 6.75. The van der Waals surface area contributed by atoms with Crippen molar-refractivity contribution >= 4 is 51.8 Å². The standard InChI is InChI=1S/C26H33ClN6O3S2/c1-16(2)31(4)14-22-26(21-9-18(27)15-37-21)30-24(38-22)10-20(34)19-11-29-23(12-28-19)33-8-7-32(17(3)13-33)6-5-25(35)36/h9,11-12,15-17H,5-8,10,13-14H2,1-4H3,(H,35,36)/t17-/m0/s1. The first kappa shape index (κ1) is 28.6. The van der Waals surface area contributed by atoms with Gasteiger partial charge in [0, 0.05) is 55.1 Å². The number of carboxylic acids is 1. The zero-order chi connectivity index (χ0) is 27.4. The average molecular weight is 577 g/mol. The number of carboxylic acid groups (broad SMARTS) is 1. The van der Waals surface area contributed by atoms with E-state index in [1.807, 2.05) is 11.4 Å². The average Bonchev–Trinajstić information content (AvgIpc) is 3.48. The second kappa shape index (κ2) is 12.6. The van der Waals surface area contributed by atoms with Crippen LogP contribution in [0.2, 0.25) is 5.02 Å². The fourth-order valence-corrected chi connectivity index (χ4v) is 6.55. The minimum absolute atomic E-state index is 0.121. The number of thiophene rings is 1. The molecule has 0 amide bonds. The van der Waals surface area contributed by atoms with Crippen molar-refractivity contribution in [3.05, 3.63) is 44.4 Å². The third kappa shape index (κ3) is 7.15. The van der Waals surface area contributed by atoms with Crippen LogP contribution >= 0.6 is 34.3 Å². The fourth-order valence-electron chi connectivity index (χ4n) is 4.25. The Kier molecular flexibility index (Phi) is 9.48. The highest BCUT2D eigenvalue weighted by Gasteiger charge is 2.25. The molecule has 4 rings (SSSR count). The number of nitrogens with zero attached hydrogens (tertiary/aromatic N) is 6. The van der Waals surface area contributed by atoms with Gasteiger partial charge in [-0.25, -0.2) is 15.0 Å². The molecule has 0 bridgehead atoms. The molecule has 4 heterocycles. The number of hydrogen-bond acceptors (Lipinski definition) is 10. The molecule has 0 spiro atoms. The van der Waals surface area contributed by atoms with E-state index in [2.05, 4.69) is 52.5 Å². The maximum atomic E-state index is 13.1. The van der Waals surface area contributed by atoms with Gasteiger partial charge in [-0.15, -0.1) is 22.7 Å². The minimum atomic E-state index is -0.783. The van der Waals surface area contributed by atoms with Gasteiger partial charge in [0.25, 0.3) is 0 Å². The van der Waals surface area contributed by atoms with E-state index in [1.54, 1.807) is 35.1 Å². The summed E-state index contributed by atoms with van der Waals surface area (Å²) in [6.45, 7) is 9.87. The number of piperazine rings is 1. The number of halogens is 1.